The lowest BCUT2D eigenvalue weighted by molar-refractivity contribution is 0.542. The fraction of sp³-hybridized carbons (Fsp3) is 0.227. The Morgan fingerprint density at radius 1 is 1.17 bits per heavy atom. The molecule has 1 fully saturated rings. The summed E-state index contributed by atoms with van der Waals surface area (Å²) in [5.41, 5.74) is 10.1. The fourth-order valence-electron chi connectivity index (χ4n) is 3.52. The number of benzene rings is 1. The molecule has 0 saturated carbocycles. The quantitative estimate of drug-likeness (QED) is 0.249. The number of nitrogens with one attached hydrogen (secondary N) is 3. The highest BCUT2D eigenvalue weighted by Crippen LogP contribution is 2.33. The second-order valence-corrected chi connectivity index (χ2v) is 12.4. The van der Waals surface area contributed by atoms with Crippen LogP contribution in [0.4, 0.5) is 5.69 Å². The third-order valence-corrected chi connectivity index (χ3v) is 9.23. The lowest BCUT2D eigenvalue weighted by Gasteiger charge is -2.13. The van der Waals surface area contributed by atoms with Crippen LogP contribution in [0.5, 0.6) is 0 Å². The number of aryl methyl sites for hydroxylation is 1. The van der Waals surface area contributed by atoms with Crippen molar-refractivity contribution in [1.29, 1.82) is 0 Å². The molecular weight excluding hydrogens is 541 g/mol. The van der Waals surface area contributed by atoms with Gasteiger partial charge >= 0.3 is 0 Å². The Hall–Kier alpha value is -2.13. The van der Waals surface area contributed by atoms with E-state index in [9.17, 15) is 8.76 Å². The monoisotopic (exact) mass is 561 g/mol. The number of anilines is 1. The molecule has 1 saturated heterocycles. The van der Waals surface area contributed by atoms with Gasteiger partial charge in [-0.1, -0.05) is 30.0 Å². The molecule has 4 heterocycles. The molecule has 0 spiro atoms. The van der Waals surface area contributed by atoms with Crippen molar-refractivity contribution in [3.63, 3.8) is 0 Å². The molecule has 13 heteroatoms. The van der Waals surface area contributed by atoms with Crippen LogP contribution < -0.4 is 15.6 Å². The van der Waals surface area contributed by atoms with Gasteiger partial charge in [0.05, 0.1) is 32.7 Å². The van der Waals surface area contributed by atoms with Gasteiger partial charge in [-0.05, 0) is 36.1 Å². The highest BCUT2D eigenvalue weighted by atomic mass is 32.2. The smallest absolute Gasteiger partial charge is 0.173 e. The van der Waals surface area contributed by atoms with Gasteiger partial charge in [-0.2, -0.15) is 0 Å². The number of thioether (sulfide) groups is 1. The molecule has 1 aromatic carbocycles. The summed E-state index contributed by atoms with van der Waals surface area (Å²) in [5, 5.41) is 9.23. The molecule has 0 radical (unpaired) electrons. The van der Waals surface area contributed by atoms with Crippen molar-refractivity contribution in [3.05, 3.63) is 74.5 Å². The first-order chi connectivity index (χ1) is 17.0. The van der Waals surface area contributed by atoms with Crippen LogP contribution >= 0.6 is 45.8 Å². The van der Waals surface area contributed by atoms with E-state index in [1.807, 2.05) is 30.5 Å². The van der Waals surface area contributed by atoms with E-state index in [1.54, 1.807) is 57.9 Å². The van der Waals surface area contributed by atoms with Gasteiger partial charge in [0, 0.05) is 40.6 Å². The zero-order valence-corrected chi connectivity index (χ0v) is 22.5. The molecule has 2 unspecified atom stereocenters. The van der Waals surface area contributed by atoms with Gasteiger partial charge in [0.15, 0.2) is 5.17 Å². The third-order valence-electron chi connectivity index (χ3n) is 5.11. The van der Waals surface area contributed by atoms with Gasteiger partial charge < -0.3 is 9.27 Å². The van der Waals surface area contributed by atoms with Crippen molar-refractivity contribution in [2.24, 2.45) is 4.99 Å². The Morgan fingerprint density at radius 3 is 2.74 bits per heavy atom. The van der Waals surface area contributed by atoms with Crippen LogP contribution in [0.1, 0.15) is 28.0 Å². The first-order valence-corrected chi connectivity index (χ1v) is 15.2. The summed E-state index contributed by atoms with van der Waals surface area (Å²) in [6, 6.07) is 11.2. The number of aromatic nitrogens is 2. The average Bonchev–Trinajstić information content (AvgIpc) is 3.63. The van der Waals surface area contributed by atoms with E-state index in [2.05, 4.69) is 37.4 Å². The molecule has 3 aromatic heterocycles. The molecule has 0 amide bonds. The molecule has 182 valence electrons. The summed E-state index contributed by atoms with van der Waals surface area (Å²) in [6.07, 6.45) is 1.44. The number of amidine groups is 1. The molecule has 1 aliphatic rings. The minimum Gasteiger partial charge on any atom is -0.755 e. The molecular formula is C22H21N6O2S5-. The van der Waals surface area contributed by atoms with Gasteiger partial charge in [-0.3, -0.25) is 14.6 Å². The lowest BCUT2D eigenvalue weighted by atomic mass is 10.0. The highest BCUT2D eigenvalue weighted by molar-refractivity contribution is 8.14. The minimum absolute atomic E-state index is 0.145. The first-order valence-electron chi connectivity index (χ1n) is 10.6. The summed E-state index contributed by atoms with van der Waals surface area (Å²) in [4.78, 5) is 15.6. The molecule has 0 aliphatic carbocycles. The van der Waals surface area contributed by atoms with Crippen molar-refractivity contribution >= 4 is 67.9 Å². The van der Waals surface area contributed by atoms with Gasteiger partial charge in [0.2, 0.25) is 0 Å². The van der Waals surface area contributed by atoms with Crippen LogP contribution in [0.15, 0.2) is 57.5 Å². The number of nitrogens with zero attached hydrogens (tertiary/aromatic N) is 3. The van der Waals surface area contributed by atoms with E-state index in [0.29, 0.717) is 12.1 Å². The van der Waals surface area contributed by atoms with Gasteiger partial charge in [-0.15, -0.1) is 34.0 Å². The topological polar surface area (TPSA) is 114 Å². The number of aliphatic imine (C=N–C) groups is 1. The van der Waals surface area contributed by atoms with Crippen molar-refractivity contribution in [2.45, 2.75) is 31.2 Å². The van der Waals surface area contributed by atoms with Crippen molar-refractivity contribution in [2.75, 3.05) is 4.72 Å². The Morgan fingerprint density at radius 2 is 2.03 bits per heavy atom. The Kier molecular flexibility index (Phi) is 7.92. The molecule has 3 N–H and O–H groups in total. The molecule has 3 atom stereocenters. The number of hydrogen-bond donors (Lipinski definition) is 3. The Balaban J connectivity index is 1.35. The van der Waals surface area contributed by atoms with Crippen LogP contribution in [-0.4, -0.2) is 29.3 Å². The maximum atomic E-state index is 10.9. The summed E-state index contributed by atoms with van der Waals surface area (Å²) >= 11 is 4.26. The summed E-state index contributed by atoms with van der Waals surface area (Å²) < 4.78 is 24.2. The Bertz CT molecular complexity index is 1320. The van der Waals surface area contributed by atoms with Crippen LogP contribution in [0, 0.1) is 6.92 Å². The van der Waals surface area contributed by atoms with E-state index in [4.69, 9.17) is 9.98 Å². The summed E-state index contributed by atoms with van der Waals surface area (Å²) in [7, 11) is 0. The largest absolute Gasteiger partial charge is 0.755 e. The van der Waals surface area contributed by atoms with Crippen LogP contribution in [0.2, 0.25) is 0 Å². The predicted octanol–water partition coefficient (Wildman–Crippen LogP) is 4.89. The van der Waals surface area contributed by atoms with E-state index in [1.165, 1.54) is 0 Å². The second kappa shape index (κ2) is 11.3. The van der Waals surface area contributed by atoms with Crippen LogP contribution in [0.3, 0.4) is 0 Å². The van der Waals surface area contributed by atoms with E-state index in [0.717, 1.165) is 43.4 Å². The SMILES string of the molecule is Cc1nc(CC2NNC(=N[C@@H](Cc3ccc(NS(=O)[O-])cc3)c3csc(-c4cccs4)n3)S2)cs1. The lowest BCUT2D eigenvalue weighted by Crippen LogP contribution is -2.32. The zero-order valence-electron chi connectivity index (χ0n) is 18.5. The highest BCUT2D eigenvalue weighted by Gasteiger charge is 2.24. The van der Waals surface area contributed by atoms with E-state index in [-0.39, 0.29) is 11.4 Å². The number of thiazole rings is 2. The molecule has 1 aliphatic heterocycles. The van der Waals surface area contributed by atoms with Crippen molar-refractivity contribution in [1.82, 2.24) is 20.8 Å². The normalized spacial score (nSPS) is 18.5. The minimum atomic E-state index is -2.35. The van der Waals surface area contributed by atoms with Crippen LogP contribution in [0.25, 0.3) is 9.88 Å². The van der Waals surface area contributed by atoms with Gasteiger partial charge in [-0.25, -0.2) is 15.4 Å². The molecule has 0 bridgehead atoms. The molecule has 5 rings (SSSR count). The summed E-state index contributed by atoms with van der Waals surface area (Å²) in [6.45, 7) is 2.01. The van der Waals surface area contributed by atoms with Crippen molar-refractivity contribution in [3.8, 4) is 9.88 Å². The second-order valence-electron chi connectivity index (χ2n) is 7.68. The number of hydrogen-bond acceptors (Lipinski definition) is 10. The van der Waals surface area contributed by atoms with Crippen molar-refractivity contribution < 1.29 is 8.76 Å². The number of hydrazine groups is 1. The maximum Gasteiger partial charge on any atom is 0.173 e. The number of thiophene rings is 1. The van der Waals surface area contributed by atoms with Gasteiger partial charge in [0.1, 0.15) is 5.01 Å². The molecule has 4 aromatic rings. The molecule has 35 heavy (non-hydrogen) atoms. The Labute approximate surface area is 221 Å². The zero-order chi connectivity index (χ0) is 24.2. The van der Waals surface area contributed by atoms with Crippen LogP contribution in [-0.2, 0) is 24.1 Å². The average molecular weight is 562 g/mol. The third kappa shape index (κ3) is 6.55. The maximum absolute atomic E-state index is 10.9. The standard InChI is InChI=1S/C22H22N6O2S5/c1-13-23-16(11-32-13)10-20-26-27-22(34-20)25-17(9-14-4-6-15(7-5-14)28-35(29)30)18-12-33-21(24-18)19-3-2-8-31-19/h2-8,11-12,17,20,26,28H,9-10H2,1H3,(H,25,27)(H,29,30)/p-1/t17-,20?/m0/s1. The predicted molar refractivity (Wildman–Crippen MR) is 146 cm³/mol. The van der Waals surface area contributed by atoms with E-state index >= 15 is 0 Å². The fourth-order valence-corrected chi connectivity index (χ4v) is 7.10. The van der Waals surface area contributed by atoms with E-state index < -0.39 is 11.3 Å². The van der Waals surface area contributed by atoms with Gasteiger partial charge in [0.25, 0.3) is 0 Å². The molecule has 8 nitrogen and oxygen atoms in total. The first kappa shape index (κ1) is 24.6. The number of rotatable bonds is 9. The summed E-state index contributed by atoms with van der Waals surface area (Å²) in [5.74, 6) is 0.